The largest absolute Gasteiger partial charge is 0.396 e. The molecule has 2 rings (SSSR count). The van der Waals surface area contributed by atoms with Crippen molar-refractivity contribution in [2.75, 3.05) is 30.8 Å². The van der Waals surface area contributed by atoms with Crippen LogP contribution in [0.5, 0.6) is 0 Å². The van der Waals surface area contributed by atoms with Gasteiger partial charge in [-0.05, 0) is 34.8 Å². The Morgan fingerprint density at radius 1 is 1.50 bits per heavy atom. The van der Waals surface area contributed by atoms with Gasteiger partial charge in [-0.2, -0.15) is 0 Å². The number of ether oxygens (including phenoxy) is 1. The zero-order valence-corrected chi connectivity index (χ0v) is 10.9. The van der Waals surface area contributed by atoms with E-state index in [2.05, 4.69) is 25.8 Å². The lowest BCUT2D eigenvalue weighted by Gasteiger charge is -2.32. The number of aromatic nitrogens is 1. The van der Waals surface area contributed by atoms with Crippen LogP contribution in [0.25, 0.3) is 0 Å². The smallest absolute Gasteiger partial charge is 0.151 e. The SMILES string of the molecule is COC1CCN(c2ncc(Br)cc2N)CC1. The molecule has 2 heterocycles. The van der Waals surface area contributed by atoms with Crippen LogP contribution in [-0.4, -0.2) is 31.3 Å². The first-order chi connectivity index (χ1) is 7.70. The van der Waals surface area contributed by atoms with Crippen molar-refractivity contribution in [1.29, 1.82) is 0 Å². The van der Waals surface area contributed by atoms with Crippen molar-refractivity contribution in [3.63, 3.8) is 0 Å². The summed E-state index contributed by atoms with van der Waals surface area (Å²) in [4.78, 5) is 6.59. The molecule has 0 saturated carbocycles. The molecular formula is C11H16BrN3O. The first kappa shape index (κ1) is 11.7. The van der Waals surface area contributed by atoms with Crippen LogP contribution in [0, 0.1) is 0 Å². The topological polar surface area (TPSA) is 51.4 Å². The summed E-state index contributed by atoms with van der Waals surface area (Å²) in [5, 5.41) is 0. The van der Waals surface area contributed by atoms with Gasteiger partial charge in [0.2, 0.25) is 0 Å². The molecule has 0 amide bonds. The molecule has 0 aliphatic carbocycles. The zero-order valence-electron chi connectivity index (χ0n) is 9.32. The average Bonchev–Trinajstić information content (AvgIpc) is 2.29. The standard InChI is InChI=1S/C11H16BrN3O/c1-16-9-2-4-15(5-3-9)11-10(13)6-8(12)7-14-11/h6-7,9H,2-5,13H2,1H3. The van der Waals surface area contributed by atoms with Crippen molar-refractivity contribution >= 4 is 27.4 Å². The first-order valence-electron chi connectivity index (χ1n) is 5.39. The molecule has 2 N–H and O–H groups in total. The van der Waals surface area contributed by atoms with E-state index in [9.17, 15) is 0 Å². The van der Waals surface area contributed by atoms with E-state index in [1.807, 2.05) is 6.07 Å². The van der Waals surface area contributed by atoms with E-state index in [4.69, 9.17) is 10.5 Å². The Hall–Kier alpha value is -0.810. The van der Waals surface area contributed by atoms with Crippen molar-refractivity contribution < 1.29 is 4.74 Å². The first-order valence-corrected chi connectivity index (χ1v) is 6.18. The van der Waals surface area contributed by atoms with Crippen LogP contribution < -0.4 is 10.6 Å². The Labute approximate surface area is 104 Å². The number of nitrogens with two attached hydrogens (primary N) is 1. The van der Waals surface area contributed by atoms with Crippen LogP contribution in [0.2, 0.25) is 0 Å². The number of pyridine rings is 1. The molecule has 1 aromatic rings. The normalized spacial score (nSPS) is 17.8. The van der Waals surface area contributed by atoms with Crippen molar-refractivity contribution in [2.45, 2.75) is 18.9 Å². The van der Waals surface area contributed by atoms with Gasteiger partial charge in [-0.3, -0.25) is 0 Å². The molecule has 1 aliphatic rings. The summed E-state index contributed by atoms with van der Waals surface area (Å²) < 4.78 is 6.26. The molecule has 88 valence electrons. The Kier molecular flexibility index (Phi) is 3.66. The molecule has 0 unspecified atom stereocenters. The molecule has 1 aromatic heterocycles. The quantitative estimate of drug-likeness (QED) is 0.904. The summed E-state index contributed by atoms with van der Waals surface area (Å²) in [5.41, 5.74) is 6.68. The molecule has 0 bridgehead atoms. The van der Waals surface area contributed by atoms with E-state index in [0.29, 0.717) is 6.10 Å². The fourth-order valence-corrected chi connectivity index (χ4v) is 2.36. The molecule has 0 spiro atoms. The lowest BCUT2D eigenvalue weighted by Crippen LogP contribution is -2.37. The number of rotatable bonds is 2. The second-order valence-corrected chi connectivity index (χ2v) is 4.90. The highest BCUT2D eigenvalue weighted by molar-refractivity contribution is 9.10. The highest BCUT2D eigenvalue weighted by Gasteiger charge is 2.20. The summed E-state index contributed by atoms with van der Waals surface area (Å²) in [7, 11) is 1.77. The summed E-state index contributed by atoms with van der Waals surface area (Å²) in [5.74, 6) is 0.887. The number of hydrogen-bond acceptors (Lipinski definition) is 4. The van der Waals surface area contributed by atoms with E-state index in [-0.39, 0.29) is 0 Å². The van der Waals surface area contributed by atoms with E-state index in [0.717, 1.165) is 41.9 Å². The van der Waals surface area contributed by atoms with E-state index in [1.54, 1.807) is 13.3 Å². The Morgan fingerprint density at radius 3 is 2.75 bits per heavy atom. The van der Waals surface area contributed by atoms with Gasteiger partial charge in [0.25, 0.3) is 0 Å². The van der Waals surface area contributed by atoms with Crippen molar-refractivity contribution in [3.05, 3.63) is 16.7 Å². The number of anilines is 2. The highest BCUT2D eigenvalue weighted by Crippen LogP contribution is 2.26. The van der Waals surface area contributed by atoms with Gasteiger partial charge in [0.15, 0.2) is 5.82 Å². The third-order valence-electron chi connectivity index (χ3n) is 2.94. The molecule has 0 radical (unpaired) electrons. The summed E-state index contributed by atoms with van der Waals surface area (Å²) in [6.07, 6.45) is 4.24. The van der Waals surface area contributed by atoms with Gasteiger partial charge >= 0.3 is 0 Å². The second-order valence-electron chi connectivity index (χ2n) is 3.99. The molecule has 1 saturated heterocycles. The Morgan fingerprint density at radius 2 is 2.19 bits per heavy atom. The maximum Gasteiger partial charge on any atom is 0.151 e. The molecular weight excluding hydrogens is 270 g/mol. The molecule has 16 heavy (non-hydrogen) atoms. The molecule has 1 aliphatic heterocycles. The number of hydrogen-bond donors (Lipinski definition) is 1. The van der Waals surface area contributed by atoms with E-state index < -0.39 is 0 Å². The lowest BCUT2D eigenvalue weighted by molar-refractivity contribution is 0.0818. The molecule has 5 heteroatoms. The van der Waals surface area contributed by atoms with Gasteiger partial charge in [-0.15, -0.1) is 0 Å². The van der Waals surface area contributed by atoms with Crippen molar-refractivity contribution in [3.8, 4) is 0 Å². The van der Waals surface area contributed by atoms with Gasteiger partial charge < -0.3 is 15.4 Å². The fraction of sp³-hybridized carbons (Fsp3) is 0.545. The van der Waals surface area contributed by atoms with Gasteiger partial charge in [0.1, 0.15) is 0 Å². The number of methoxy groups -OCH3 is 1. The molecule has 0 atom stereocenters. The highest BCUT2D eigenvalue weighted by atomic mass is 79.9. The average molecular weight is 286 g/mol. The van der Waals surface area contributed by atoms with Gasteiger partial charge in [0, 0.05) is 30.9 Å². The molecule has 0 aromatic carbocycles. The number of nitrogens with zero attached hydrogens (tertiary/aromatic N) is 2. The van der Waals surface area contributed by atoms with Gasteiger partial charge in [-0.1, -0.05) is 0 Å². The third kappa shape index (κ3) is 2.47. The molecule has 4 nitrogen and oxygen atoms in total. The van der Waals surface area contributed by atoms with Crippen LogP contribution in [0.4, 0.5) is 11.5 Å². The number of nitrogen functional groups attached to an aromatic ring is 1. The second kappa shape index (κ2) is 5.01. The number of piperidine rings is 1. The van der Waals surface area contributed by atoms with Crippen LogP contribution >= 0.6 is 15.9 Å². The summed E-state index contributed by atoms with van der Waals surface area (Å²) in [6, 6.07) is 1.89. The maximum atomic E-state index is 5.95. The van der Waals surface area contributed by atoms with Crippen molar-refractivity contribution in [1.82, 2.24) is 4.98 Å². The summed E-state index contributed by atoms with van der Waals surface area (Å²) in [6.45, 7) is 1.91. The monoisotopic (exact) mass is 285 g/mol. The van der Waals surface area contributed by atoms with Gasteiger partial charge in [-0.25, -0.2) is 4.98 Å². The van der Waals surface area contributed by atoms with Crippen LogP contribution in [0.1, 0.15) is 12.8 Å². The van der Waals surface area contributed by atoms with Gasteiger partial charge in [0.05, 0.1) is 11.8 Å². The lowest BCUT2D eigenvalue weighted by atomic mass is 10.1. The minimum absolute atomic E-state index is 0.382. The number of halogens is 1. The third-order valence-corrected chi connectivity index (χ3v) is 3.37. The summed E-state index contributed by atoms with van der Waals surface area (Å²) >= 11 is 3.36. The van der Waals surface area contributed by atoms with Crippen LogP contribution in [0.3, 0.4) is 0 Å². The van der Waals surface area contributed by atoms with Crippen LogP contribution in [-0.2, 0) is 4.74 Å². The van der Waals surface area contributed by atoms with E-state index >= 15 is 0 Å². The predicted octanol–water partition coefficient (Wildman–Crippen LogP) is 2.04. The van der Waals surface area contributed by atoms with Crippen molar-refractivity contribution in [2.24, 2.45) is 0 Å². The Balaban J connectivity index is 2.08. The Bertz CT molecular complexity index is 364. The van der Waals surface area contributed by atoms with E-state index in [1.165, 1.54) is 0 Å². The minimum atomic E-state index is 0.382. The minimum Gasteiger partial charge on any atom is -0.396 e. The maximum absolute atomic E-state index is 5.95. The fourth-order valence-electron chi connectivity index (χ4n) is 2.02. The predicted molar refractivity (Wildman–Crippen MR) is 68.6 cm³/mol. The zero-order chi connectivity index (χ0) is 11.5. The van der Waals surface area contributed by atoms with Crippen LogP contribution in [0.15, 0.2) is 16.7 Å². The molecule has 1 fully saturated rings.